The van der Waals surface area contributed by atoms with Gasteiger partial charge in [0.05, 0.1) is 22.3 Å². The van der Waals surface area contributed by atoms with Crippen LogP contribution in [0, 0.1) is 0 Å². The number of furan rings is 1. The molecular weight excluding hydrogens is 524 g/mol. The van der Waals surface area contributed by atoms with Crippen molar-refractivity contribution in [2.75, 3.05) is 0 Å². The summed E-state index contributed by atoms with van der Waals surface area (Å²) in [6, 6.07) is 36.3. The molecule has 0 aliphatic rings. The highest BCUT2D eigenvalue weighted by molar-refractivity contribution is 6.09. The molecule has 2 aromatic heterocycles. The molecule has 0 atom stereocenters. The van der Waals surface area contributed by atoms with E-state index in [4.69, 9.17) is 10.8 Å². The molecule has 43 heavy (non-hydrogen) atoms. The summed E-state index contributed by atoms with van der Waals surface area (Å²) in [6.07, 6.45) is 0. The van der Waals surface area contributed by atoms with Gasteiger partial charge in [0.15, 0.2) is 0 Å². The summed E-state index contributed by atoms with van der Waals surface area (Å²) in [6.45, 7) is 12.9. The van der Waals surface area contributed by atoms with Gasteiger partial charge in [-0.2, -0.15) is 0 Å². The van der Waals surface area contributed by atoms with Crippen LogP contribution in [0.1, 0.15) is 77.3 Å². The first-order chi connectivity index (χ1) is 21.1. The molecule has 0 aliphatic heterocycles. The molecule has 0 fully saturated rings. The second-order valence-corrected chi connectivity index (χ2v) is 12.4. The van der Waals surface area contributed by atoms with E-state index < -0.39 is 5.89 Å². The zero-order chi connectivity index (χ0) is 30.7. The van der Waals surface area contributed by atoms with Crippen molar-refractivity contribution in [2.45, 2.75) is 59.3 Å². The van der Waals surface area contributed by atoms with Crippen LogP contribution in [0.4, 0.5) is 0 Å². The maximum atomic E-state index is 8.57. The first-order valence-electron chi connectivity index (χ1n) is 15.8. The topological polar surface area (TPSA) is 31.0 Å². The molecule has 0 saturated carbocycles. The van der Waals surface area contributed by atoms with Gasteiger partial charge in [0.2, 0.25) is 0 Å². The number of benzene rings is 5. The Morgan fingerprint density at radius 1 is 0.674 bits per heavy atom. The number of hydrogen-bond donors (Lipinski definition) is 0. The summed E-state index contributed by atoms with van der Waals surface area (Å²) in [7, 11) is 0. The van der Waals surface area contributed by atoms with Gasteiger partial charge < -0.3 is 4.42 Å². The van der Waals surface area contributed by atoms with Crippen molar-refractivity contribution < 1.29 is 5.79 Å². The van der Waals surface area contributed by atoms with Crippen molar-refractivity contribution in [2.24, 2.45) is 0 Å². The van der Waals surface area contributed by atoms with Gasteiger partial charge in [0, 0.05) is 12.1 Å². The largest absolute Gasteiger partial charge is 0.455 e. The minimum Gasteiger partial charge on any atom is -0.455 e. The van der Waals surface area contributed by atoms with Crippen LogP contribution in [0.15, 0.2) is 108 Å². The molecule has 214 valence electrons. The molecule has 0 amide bonds. The lowest BCUT2D eigenvalue weighted by molar-refractivity contribution is 0.667. The minimum absolute atomic E-state index is 0.286. The van der Waals surface area contributed by atoms with E-state index in [-0.39, 0.29) is 11.8 Å². The monoisotopic (exact) mass is 563 g/mol. The predicted octanol–water partition coefficient (Wildman–Crippen LogP) is 11.6. The fourth-order valence-electron chi connectivity index (χ4n) is 6.33. The van der Waals surface area contributed by atoms with Crippen LogP contribution in [-0.4, -0.2) is 9.55 Å². The molecule has 7 aromatic rings. The van der Waals surface area contributed by atoms with E-state index in [1.807, 2.05) is 26.0 Å². The molecular formula is C40H38N2O. The summed E-state index contributed by atoms with van der Waals surface area (Å²) in [4.78, 5) is 5.29. The maximum absolute atomic E-state index is 8.57. The normalized spacial score (nSPS) is 12.7. The molecule has 0 aliphatic carbocycles. The van der Waals surface area contributed by atoms with E-state index in [2.05, 4.69) is 123 Å². The van der Waals surface area contributed by atoms with E-state index in [0.717, 1.165) is 49.9 Å². The van der Waals surface area contributed by atoms with Crippen molar-refractivity contribution in [3.05, 3.63) is 120 Å². The fraction of sp³-hybridized carbons (Fsp3) is 0.225. The number of para-hydroxylation sites is 3. The number of fused-ring (bicyclic) bond motifs is 4. The third-order valence-corrected chi connectivity index (χ3v) is 8.62. The predicted molar refractivity (Wildman–Crippen MR) is 181 cm³/mol. The van der Waals surface area contributed by atoms with Crippen LogP contribution in [0.25, 0.3) is 61.2 Å². The maximum Gasteiger partial charge on any atom is 0.149 e. The number of rotatable bonds is 6. The Labute approximate surface area is 255 Å². The number of nitrogens with zero attached hydrogens (tertiary/aromatic N) is 2. The van der Waals surface area contributed by atoms with Crippen LogP contribution in [-0.2, 0) is 0 Å². The summed E-state index contributed by atoms with van der Waals surface area (Å²) in [5.41, 5.74) is 11.8. The summed E-state index contributed by atoms with van der Waals surface area (Å²) >= 11 is 0. The smallest absolute Gasteiger partial charge is 0.149 e. The Balaban J connectivity index is 1.56. The summed E-state index contributed by atoms with van der Waals surface area (Å²) < 4.78 is 17.6. The first-order valence-corrected chi connectivity index (χ1v) is 15.3. The number of hydrogen-bond acceptors (Lipinski definition) is 2. The Morgan fingerprint density at radius 2 is 1.37 bits per heavy atom. The molecule has 3 nitrogen and oxygen atoms in total. The lowest BCUT2D eigenvalue weighted by atomic mass is 9.88. The lowest BCUT2D eigenvalue weighted by Crippen LogP contribution is -2.09. The Kier molecular flexibility index (Phi) is 6.40. The second-order valence-electron chi connectivity index (χ2n) is 12.4. The van der Waals surface area contributed by atoms with Gasteiger partial charge in [-0.05, 0) is 81.9 Å². The molecule has 0 radical (unpaired) electrons. The second kappa shape index (κ2) is 10.6. The standard InChI is InChI=1S/C40H38N2O/c1-24(2)28-19-20-30-31-15-12-16-32(39(31)43-37(30)23-28)40-41-35-17-10-11-18-36(35)42(40)38-33(25(3)4)21-29(22-34(38)26(5)6)27-13-8-7-9-14-27/h7-26H,1-6H3/i24D. The van der Waals surface area contributed by atoms with E-state index in [0.29, 0.717) is 0 Å². The molecule has 0 N–H and O–H groups in total. The zero-order valence-electron chi connectivity index (χ0n) is 26.8. The van der Waals surface area contributed by atoms with Gasteiger partial charge in [-0.25, -0.2) is 4.98 Å². The molecule has 0 bridgehead atoms. The van der Waals surface area contributed by atoms with Gasteiger partial charge in [-0.15, -0.1) is 0 Å². The van der Waals surface area contributed by atoms with Crippen LogP contribution in [0.3, 0.4) is 0 Å². The quantitative estimate of drug-likeness (QED) is 0.201. The highest BCUT2D eigenvalue weighted by atomic mass is 16.3. The molecule has 5 aromatic carbocycles. The summed E-state index contributed by atoms with van der Waals surface area (Å²) in [5.74, 6) is 0.729. The van der Waals surface area contributed by atoms with Crippen molar-refractivity contribution in [1.82, 2.24) is 9.55 Å². The fourth-order valence-corrected chi connectivity index (χ4v) is 6.33. The van der Waals surface area contributed by atoms with Gasteiger partial charge in [-0.3, -0.25) is 4.57 Å². The van der Waals surface area contributed by atoms with E-state index >= 15 is 0 Å². The lowest BCUT2D eigenvalue weighted by Gasteiger charge is -2.24. The Hall–Kier alpha value is -4.63. The highest BCUT2D eigenvalue weighted by Gasteiger charge is 2.25. The third-order valence-electron chi connectivity index (χ3n) is 8.62. The van der Waals surface area contributed by atoms with Crippen LogP contribution in [0.2, 0.25) is 0 Å². The third kappa shape index (κ3) is 4.55. The zero-order valence-corrected chi connectivity index (χ0v) is 25.8. The van der Waals surface area contributed by atoms with Gasteiger partial charge in [-0.1, -0.05) is 108 Å². The average Bonchev–Trinajstić information content (AvgIpc) is 3.58. The molecule has 0 unspecified atom stereocenters. The number of imidazole rings is 1. The van der Waals surface area contributed by atoms with Crippen molar-refractivity contribution in [3.63, 3.8) is 0 Å². The number of aromatic nitrogens is 2. The summed E-state index contributed by atoms with van der Waals surface area (Å²) in [5, 5.41) is 2.11. The van der Waals surface area contributed by atoms with E-state index in [1.165, 1.54) is 27.9 Å². The van der Waals surface area contributed by atoms with E-state index in [9.17, 15) is 0 Å². The van der Waals surface area contributed by atoms with Gasteiger partial charge in [0.1, 0.15) is 17.0 Å². The SMILES string of the molecule is [2H]C(C)(C)c1ccc2c(c1)oc1c(-c3nc4ccccc4n3-c3c(C(C)C)cc(-c4ccccc4)cc3C(C)C)cccc12. The van der Waals surface area contributed by atoms with Crippen LogP contribution >= 0.6 is 0 Å². The van der Waals surface area contributed by atoms with Crippen molar-refractivity contribution in [1.29, 1.82) is 0 Å². The molecule has 0 spiro atoms. The van der Waals surface area contributed by atoms with Crippen LogP contribution in [0.5, 0.6) is 0 Å². The van der Waals surface area contributed by atoms with Gasteiger partial charge in [0.25, 0.3) is 0 Å². The first kappa shape index (κ1) is 26.0. The molecule has 7 rings (SSSR count). The average molecular weight is 564 g/mol. The van der Waals surface area contributed by atoms with Crippen LogP contribution < -0.4 is 0 Å². The Morgan fingerprint density at radius 3 is 2.07 bits per heavy atom. The molecule has 2 heterocycles. The van der Waals surface area contributed by atoms with Gasteiger partial charge >= 0.3 is 0 Å². The highest BCUT2D eigenvalue weighted by Crippen LogP contribution is 2.42. The molecule has 0 saturated heterocycles. The van der Waals surface area contributed by atoms with Crippen molar-refractivity contribution in [3.8, 4) is 28.2 Å². The minimum atomic E-state index is -0.712. The molecule has 3 heteroatoms. The van der Waals surface area contributed by atoms with E-state index in [1.54, 1.807) is 0 Å². The van der Waals surface area contributed by atoms with Crippen molar-refractivity contribution >= 4 is 33.0 Å². The Bertz CT molecular complexity index is 2130.